The fourth-order valence-electron chi connectivity index (χ4n) is 1.68. The quantitative estimate of drug-likeness (QED) is 0.909. The van der Waals surface area contributed by atoms with Gasteiger partial charge in [-0.25, -0.2) is 4.39 Å². The molecule has 3 nitrogen and oxygen atoms in total. The Hall–Kier alpha value is -0.940. The van der Waals surface area contributed by atoms with Gasteiger partial charge in [0.15, 0.2) is 0 Å². The highest BCUT2D eigenvalue weighted by atomic mass is 79.9. The maximum atomic E-state index is 13.1. The Bertz CT molecular complexity index is 411. The molecule has 1 atom stereocenters. The number of nitrogens with zero attached hydrogens (tertiary/aromatic N) is 1. The predicted octanol–water partition coefficient (Wildman–Crippen LogP) is 3.06. The first-order valence-corrected chi connectivity index (χ1v) is 6.15. The molecule has 0 saturated heterocycles. The molecule has 0 aliphatic heterocycles. The SMILES string of the molecule is CCN(CC(=O)O)C(C)c1ccc(F)c(Br)c1. The minimum atomic E-state index is -0.861. The summed E-state index contributed by atoms with van der Waals surface area (Å²) >= 11 is 3.13. The summed E-state index contributed by atoms with van der Waals surface area (Å²) in [6.45, 7) is 4.42. The van der Waals surface area contributed by atoms with E-state index < -0.39 is 5.97 Å². The average Bonchev–Trinajstić information content (AvgIpc) is 2.28. The largest absolute Gasteiger partial charge is 0.480 e. The molecule has 17 heavy (non-hydrogen) atoms. The fourth-order valence-corrected chi connectivity index (χ4v) is 2.08. The van der Waals surface area contributed by atoms with Crippen LogP contribution in [-0.2, 0) is 4.79 Å². The van der Waals surface area contributed by atoms with Gasteiger partial charge in [-0.15, -0.1) is 0 Å². The fraction of sp³-hybridized carbons (Fsp3) is 0.417. The number of halogens is 2. The smallest absolute Gasteiger partial charge is 0.317 e. The summed E-state index contributed by atoms with van der Waals surface area (Å²) in [6.07, 6.45) is 0. The molecule has 0 aliphatic carbocycles. The molecule has 0 amide bonds. The van der Waals surface area contributed by atoms with Crippen LogP contribution in [0.5, 0.6) is 0 Å². The van der Waals surface area contributed by atoms with Crippen LogP contribution in [0.25, 0.3) is 0 Å². The van der Waals surface area contributed by atoms with Crippen molar-refractivity contribution in [2.24, 2.45) is 0 Å². The third-order valence-corrected chi connectivity index (χ3v) is 3.33. The van der Waals surface area contributed by atoms with E-state index in [2.05, 4.69) is 15.9 Å². The van der Waals surface area contributed by atoms with E-state index in [4.69, 9.17) is 5.11 Å². The van der Waals surface area contributed by atoms with Crippen LogP contribution in [0.15, 0.2) is 22.7 Å². The highest BCUT2D eigenvalue weighted by Gasteiger charge is 2.17. The molecule has 0 heterocycles. The molecule has 1 N–H and O–H groups in total. The van der Waals surface area contributed by atoms with Crippen molar-refractivity contribution >= 4 is 21.9 Å². The molecule has 0 aromatic heterocycles. The highest BCUT2D eigenvalue weighted by Crippen LogP contribution is 2.24. The summed E-state index contributed by atoms with van der Waals surface area (Å²) < 4.78 is 13.5. The minimum absolute atomic E-state index is 0.0212. The van der Waals surface area contributed by atoms with E-state index >= 15 is 0 Å². The van der Waals surface area contributed by atoms with Crippen LogP contribution in [0, 0.1) is 5.82 Å². The van der Waals surface area contributed by atoms with Crippen molar-refractivity contribution < 1.29 is 14.3 Å². The lowest BCUT2D eigenvalue weighted by Crippen LogP contribution is -2.32. The number of carbonyl (C=O) groups is 1. The zero-order chi connectivity index (χ0) is 13.0. The lowest BCUT2D eigenvalue weighted by molar-refractivity contribution is -0.138. The minimum Gasteiger partial charge on any atom is -0.480 e. The molecular weight excluding hydrogens is 289 g/mol. The van der Waals surface area contributed by atoms with Gasteiger partial charge >= 0.3 is 5.97 Å². The van der Waals surface area contributed by atoms with Crippen molar-refractivity contribution in [3.8, 4) is 0 Å². The number of likely N-dealkylation sites (N-methyl/N-ethyl adjacent to an activating group) is 1. The Morgan fingerprint density at radius 2 is 2.24 bits per heavy atom. The van der Waals surface area contributed by atoms with E-state index in [-0.39, 0.29) is 18.4 Å². The van der Waals surface area contributed by atoms with Crippen molar-refractivity contribution in [3.63, 3.8) is 0 Å². The summed E-state index contributed by atoms with van der Waals surface area (Å²) in [5.74, 6) is -1.18. The number of aliphatic carboxylic acids is 1. The average molecular weight is 304 g/mol. The maximum Gasteiger partial charge on any atom is 0.317 e. The topological polar surface area (TPSA) is 40.5 Å². The van der Waals surface area contributed by atoms with Gasteiger partial charge in [-0.2, -0.15) is 0 Å². The van der Waals surface area contributed by atoms with Crippen LogP contribution in [0.4, 0.5) is 4.39 Å². The molecule has 5 heteroatoms. The Balaban J connectivity index is 2.89. The molecule has 1 unspecified atom stereocenters. The molecule has 1 rings (SSSR count). The van der Waals surface area contributed by atoms with Crippen molar-refractivity contribution in [1.82, 2.24) is 4.90 Å². The second-order valence-electron chi connectivity index (χ2n) is 3.81. The number of carboxylic acid groups (broad SMARTS) is 1. The lowest BCUT2D eigenvalue weighted by Gasteiger charge is -2.26. The summed E-state index contributed by atoms with van der Waals surface area (Å²) in [4.78, 5) is 12.5. The maximum absolute atomic E-state index is 13.1. The third-order valence-electron chi connectivity index (χ3n) is 2.72. The Morgan fingerprint density at radius 3 is 2.71 bits per heavy atom. The first kappa shape index (κ1) is 14.1. The molecule has 1 aromatic rings. The van der Waals surface area contributed by atoms with Gasteiger partial charge in [-0.05, 0) is 47.1 Å². The van der Waals surface area contributed by atoms with Gasteiger partial charge in [0.1, 0.15) is 5.82 Å². The Morgan fingerprint density at radius 1 is 1.59 bits per heavy atom. The van der Waals surface area contributed by atoms with E-state index in [0.29, 0.717) is 11.0 Å². The van der Waals surface area contributed by atoms with Crippen LogP contribution >= 0.6 is 15.9 Å². The van der Waals surface area contributed by atoms with E-state index in [1.807, 2.05) is 18.7 Å². The van der Waals surface area contributed by atoms with Gasteiger partial charge in [-0.1, -0.05) is 13.0 Å². The predicted molar refractivity (Wildman–Crippen MR) is 67.4 cm³/mol. The normalized spacial score (nSPS) is 12.8. The van der Waals surface area contributed by atoms with Gasteiger partial charge in [0, 0.05) is 6.04 Å². The van der Waals surface area contributed by atoms with Gasteiger partial charge in [0.25, 0.3) is 0 Å². The molecule has 0 spiro atoms. The molecule has 0 bridgehead atoms. The van der Waals surface area contributed by atoms with Gasteiger partial charge in [0.05, 0.1) is 11.0 Å². The van der Waals surface area contributed by atoms with E-state index in [1.54, 1.807) is 12.1 Å². The number of hydrogen-bond acceptors (Lipinski definition) is 2. The molecule has 0 radical (unpaired) electrons. The van der Waals surface area contributed by atoms with Gasteiger partial charge in [0.2, 0.25) is 0 Å². The second-order valence-corrected chi connectivity index (χ2v) is 4.66. The summed E-state index contributed by atoms with van der Waals surface area (Å²) in [6, 6.07) is 4.68. The van der Waals surface area contributed by atoms with Gasteiger partial charge in [-0.3, -0.25) is 9.69 Å². The van der Waals surface area contributed by atoms with Crippen molar-refractivity contribution in [1.29, 1.82) is 0 Å². The summed E-state index contributed by atoms with van der Waals surface area (Å²) in [7, 11) is 0. The van der Waals surface area contributed by atoms with Crippen LogP contribution in [0.1, 0.15) is 25.5 Å². The molecule has 0 saturated carbocycles. The molecule has 0 aliphatic rings. The molecule has 0 fully saturated rings. The third kappa shape index (κ3) is 3.78. The number of carboxylic acids is 1. The standard InChI is InChI=1S/C12H15BrFNO2/c1-3-15(7-12(16)17)8(2)9-4-5-11(14)10(13)6-9/h4-6,8H,3,7H2,1-2H3,(H,16,17). The zero-order valence-electron chi connectivity index (χ0n) is 9.78. The molecule has 1 aromatic carbocycles. The Kier molecular flexibility index (Phi) is 5.08. The highest BCUT2D eigenvalue weighted by molar-refractivity contribution is 9.10. The Labute approximate surface area is 108 Å². The number of hydrogen-bond donors (Lipinski definition) is 1. The van der Waals surface area contributed by atoms with Crippen LogP contribution in [0.3, 0.4) is 0 Å². The number of rotatable bonds is 5. The van der Waals surface area contributed by atoms with E-state index in [0.717, 1.165) is 5.56 Å². The monoisotopic (exact) mass is 303 g/mol. The zero-order valence-corrected chi connectivity index (χ0v) is 11.4. The summed E-state index contributed by atoms with van der Waals surface area (Å²) in [5.41, 5.74) is 0.890. The first-order chi connectivity index (χ1) is 7.95. The number of benzene rings is 1. The first-order valence-electron chi connectivity index (χ1n) is 5.36. The van der Waals surface area contributed by atoms with Crippen LogP contribution < -0.4 is 0 Å². The second kappa shape index (κ2) is 6.12. The van der Waals surface area contributed by atoms with Crippen molar-refractivity contribution in [3.05, 3.63) is 34.1 Å². The van der Waals surface area contributed by atoms with Crippen LogP contribution in [0.2, 0.25) is 0 Å². The summed E-state index contributed by atoms with van der Waals surface area (Å²) in [5, 5.41) is 8.80. The van der Waals surface area contributed by atoms with Crippen LogP contribution in [-0.4, -0.2) is 29.1 Å². The van der Waals surface area contributed by atoms with Crippen molar-refractivity contribution in [2.75, 3.05) is 13.1 Å². The lowest BCUT2D eigenvalue weighted by atomic mass is 10.1. The molecular formula is C12H15BrFNO2. The van der Waals surface area contributed by atoms with E-state index in [9.17, 15) is 9.18 Å². The van der Waals surface area contributed by atoms with Crippen molar-refractivity contribution in [2.45, 2.75) is 19.9 Å². The van der Waals surface area contributed by atoms with Gasteiger partial charge < -0.3 is 5.11 Å². The van der Waals surface area contributed by atoms with E-state index in [1.165, 1.54) is 6.07 Å². The molecule has 94 valence electrons.